The SMILES string of the molecule is NC(=O)NCc1cccc(F)c1.[HH].[HH]. The highest BCUT2D eigenvalue weighted by Gasteiger charge is 1.95. The van der Waals surface area contributed by atoms with Crippen molar-refractivity contribution in [3.63, 3.8) is 0 Å². The van der Waals surface area contributed by atoms with Crippen LogP contribution in [-0.4, -0.2) is 6.03 Å². The van der Waals surface area contributed by atoms with E-state index in [1.807, 2.05) is 0 Å². The molecular formula is C8H13FN2O. The topological polar surface area (TPSA) is 55.1 Å². The van der Waals surface area contributed by atoms with Gasteiger partial charge in [-0.15, -0.1) is 0 Å². The van der Waals surface area contributed by atoms with E-state index in [-0.39, 0.29) is 15.2 Å². The monoisotopic (exact) mass is 172 g/mol. The van der Waals surface area contributed by atoms with E-state index >= 15 is 0 Å². The molecule has 68 valence electrons. The average Bonchev–Trinajstić information content (AvgIpc) is 2.01. The summed E-state index contributed by atoms with van der Waals surface area (Å²) in [7, 11) is 0. The Morgan fingerprint density at radius 1 is 1.67 bits per heavy atom. The summed E-state index contributed by atoms with van der Waals surface area (Å²) < 4.78 is 12.5. The number of halogens is 1. The summed E-state index contributed by atoms with van der Waals surface area (Å²) >= 11 is 0. The summed E-state index contributed by atoms with van der Waals surface area (Å²) in [5.41, 5.74) is 5.52. The van der Waals surface area contributed by atoms with Crippen molar-refractivity contribution in [3.05, 3.63) is 35.6 Å². The lowest BCUT2D eigenvalue weighted by atomic mass is 10.2. The standard InChI is InChI=1S/C8H9FN2O.2H2/c9-7-3-1-2-6(4-7)5-11-8(10)12;;/h1-4H,5H2,(H3,10,11,12);2*1H. The predicted molar refractivity (Wildman–Crippen MR) is 47.1 cm³/mol. The third kappa shape index (κ3) is 2.57. The summed E-state index contributed by atoms with van der Waals surface area (Å²) in [4.78, 5) is 10.3. The van der Waals surface area contributed by atoms with Crippen molar-refractivity contribution in [2.24, 2.45) is 5.73 Å². The molecule has 0 fully saturated rings. The molecule has 0 aliphatic carbocycles. The van der Waals surface area contributed by atoms with Gasteiger partial charge >= 0.3 is 6.03 Å². The first-order chi connectivity index (χ1) is 5.68. The largest absolute Gasteiger partial charge is 0.352 e. The van der Waals surface area contributed by atoms with Gasteiger partial charge < -0.3 is 11.1 Å². The normalized spacial score (nSPS) is 9.42. The van der Waals surface area contributed by atoms with Gasteiger partial charge in [-0.1, -0.05) is 12.1 Å². The van der Waals surface area contributed by atoms with Gasteiger partial charge in [0.2, 0.25) is 0 Å². The number of primary amides is 1. The highest BCUT2D eigenvalue weighted by Crippen LogP contribution is 2.02. The minimum atomic E-state index is -0.612. The first kappa shape index (κ1) is 8.52. The van der Waals surface area contributed by atoms with Gasteiger partial charge in [-0.3, -0.25) is 0 Å². The van der Waals surface area contributed by atoms with E-state index in [1.54, 1.807) is 12.1 Å². The van der Waals surface area contributed by atoms with E-state index in [0.29, 0.717) is 5.56 Å². The van der Waals surface area contributed by atoms with Crippen molar-refractivity contribution < 1.29 is 12.0 Å². The molecule has 0 aliphatic rings. The second kappa shape index (κ2) is 3.71. The van der Waals surface area contributed by atoms with Crippen molar-refractivity contribution >= 4 is 6.03 Å². The first-order valence-corrected chi connectivity index (χ1v) is 3.46. The van der Waals surface area contributed by atoms with Crippen LogP contribution < -0.4 is 11.1 Å². The highest BCUT2D eigenvalue weighted by molar-refractivity contribution is 5.71. The maximum atomic E-state index is 12.5. The molecule has 0 heterocycles. The molecule has 2 amide bonds. The molecule has 3 N–H and O–H groups in total. The van der Waals surface area contributed by atoms with Crippen molar-refractivity contribution in [1.82, 2.24) is 5.32 Å². The van der Waals surface area contributed by atoms with E-state index in [0.717, 1.165) is 0 Å². The van der Waals surface area contributed by atoms with Crippen LogP contribution in [0.1, 0.15) is 8.42 Å². The molecule has 0 aliphatic heterocycles. The van der Waals surface area contributed by atoms with Crippen molar-refractivity contribution in [2.45, 2.75) is 6.54 Å². The molecule has 1 rings (SSSR count). The molecule has 0 unspecified atom stereocenters. The van der Waals surface area contributed by atoms with Crippen LogP contribution in [0, 0.1) is 5.82 Å². The van der Waals surface area contributed by atoms with Gasteiger partial charge in [0.25, 0.3) is 0 Å². The van der Waals surface area contributed by atoms with Crippen LogP contribution in [0.25, 0.3) is 0 Å². The molecule has 4 heteroatoms. The van der Waals surface area contributed by atoms with Gasteiger partial charge in [0.1, 0.15) is 5.82 Å². The van der Waals surface area contributed by atoms with Gasteiger partial charge in [-0.25, -0.2) is 9.18 Å². The van der Waals surface area contributed by atoms with Crippen LogP contribution in [-0.2, 0) is 6.54 Å². The summed E-state index contributed by atoms with van der Waals surface area (Å²) in [6.45, 7) is 0.257. The van der Waals surface area contributed by atoms with E-state index in [2.05, 4.69) is 5.32 Å². The minimum absolute atomic E-state index is 0. The van der Waals surface area contributed by atoms with Crippen molar-refractivity contribution in [2.75, 3.05) is 0 Å². The second-order valence-electron chi connectivity index (χ2n) is 2.35. The van der Waals surface area contributed by atoms with Crippen LogP contribution in [0.4, 0.5) is 9.18 Å². The maximum absolute atomic E-state index is 12.5. The number of carbonyl (C=O) groups is 1. The van der Waals surface area contributed by atoms with Crippen LogP contribution in [0.2, 0.25) is 0 Å². The predicted octanol–water partition coefficient (Wildman–Crippen LogP) is 1.49. The summed E-state index contributed by atoms with van der Waals surface area (Å²) in [5.74, 6) is -0.321. The number of hydrogen-bond donors (Lipinski definition) is 2. The van der Waals surface area contributed by atoms with E-state index < -0.39 is 6.03 Å². The second-order valence-corrected chi connectivity index (χ2v) is 2.35. The van der Waals surface area contributed by atoms with E-state index in [4.69, 9.17) is 5.73 Å². The number of nitrogens with two attached hydrogens (primary N) is 1. The molecule has 0 aromatic heterocycles. The van der Waals surface area contributed by atoms with E-state index in [9.17, 15) is 9.18 Å². The third-order valence-electron chi connectivity index (χ3n) is 1.36. The Hall–Kier alpha value is -1.58. The number of urea groups is 1. The number of rotatable bonds is 2. The first-order valence-electron chi connectivity index (χ1n) is 3.46. The molecule has 1 aromatic rings. The Morgan fingerprint density at radius 2 is 2.42 bits per heavy atom. The molecule has 12 heavy (non-hydrogen) atoms. The molecule has 0 saturated carbocycles. The van der Waals surface area contributed by atoms with Gasteiger partial charge in [0, 0.05) is 9.40 Å². The fraction of sp³-hybridized carbons (Fsp3) is 0.125. The van der Waals surface area contributed by atoms with Gasteiger partial charge in [-0.05, 0) is 17.7 Å². The molecule has 0 atom stereocenters. The highest BCUT2D eigenvalue weighted by atomic mass is 19.1. The molecular weight excluding hydrogens is 159 g/mol. The molecule has 0 radical (unpaired) electrons. The lowest BCUT2D eigenvalue weighted by Gasteiger charge is -2.00. The van der Waals surface area contributed by atoms with Crippen LogP contribution in [0.3, 0.4) is 0 Å². The zero-order valence-corrected chi connectivity index (χ0v) is 6.38. The number of amides is 2. The lowest BCUT2D eigenvalue weighted by Crippen LogP contribution is -2.28. The fourth-order valence-corrected chi connectivity index (χ4v) is 0.836. The fourth-order valence-electron chi connectivity index (χ4n) is 0.836. The zero-order chi connectivity index (χ0) is 8.97. The Kier molecular flexibility index (Phi) is 2.63. The van der Waals surface area contributed by atoms with Crippen LogP contribution in [0.15, 0.2) is 24.3 Å². The summed E-state index contributed by atoms with van der Waals surface area (Å²) in [5, 5.41) is 2.36. The number of benzene rings is 1. The molecule has 0 spiro atoms. The summed E-state index contributed by atoms with van der Waals surface area (Å²) in [6, 6.07) is 5.36. The van der Waals surface area contributed by atoms with Gasteiger partial charge in [0.05, 0.1) is 0 Å². The zero-order valence-electron chi connectivity index (χ0n) is 6.38. The maximum Gasteiger partial charge on any atom is 0.312 e. The number of nitrogens with one attached hydrogen (secondary N) is 1. The quantitative estimate of drug-likeness (QED) is 0.697. The molecule has 0 bridgehead atoms. The van der Waals surface area contributed by atoms with Gasteiger partial charge in [0.15, 0.2) is 0 Å². The molecule has 1 aromatic carbocycles. The molecule has 0 saturated heterocycles. The Bertz CT molecular complexity index is 296. The Labute approximate surface area is 72.3 Å². The van der Waals surface area contributed by atoms with E-state index in [1.165, 1.54) is 12.1 Å². The Balaban J connectivity index is 0. The Morgan fingerprint density at radius 3 is 3.00 bits per heavy atom. The van der Waals surface area contributed by atoms with Gasteiger partial charge in [-0.2, -0.15) is 0 Å². The number of hydrogen-bond acceptors (Lipinski definition) is 1. The lowest BCUT2D eigenvalue weighted by molar-refractivity contribution is 0.248. The number of carbonyl (C=O) groups excluding carboxylic acids is 1. The third-order valence-corrected chi connectivity index (χ3v) is 1.36. The average molecular weight is 172 g/mol. The molecule has 3 nitrogen and oxygen atoms in total. The smallest absolute Gasteiger partial charge is 0.312 e. The van der Waals surface area contributed by atoms with Crippen LogP contribution in [0.5, 0.6) is 0 Å². The minimum Gasteiger partial charge on any atom is -0.352 e. The van der Waals surface area contributed by atoms with Crippen molar-refractivity contribution in [3.8, 4) is 0 Å². The summed E-state index contributed by atoms with van der Waals surface area (Å²) in [6.07, 6.45) is 0. The van der Waals surface area contributed by atoms with Crippen molar-refractivity contribution in [1.29, 1.82) is 0 Å². The van der Waals surface area contributed by atoms with Crippen LogP contribution >= 0.6 is 0 Å².